The second kappa shape index (κ2) is 8.53. The van der Waals surface area contributed by atoms with Crippen LogP contribution in [-0.2, 0) is 20.7 Å². The van der Waals surface area contributed by atoms with Gasteiger partial charge < -0.3 is 19.9 Å². The van der Waals surface area contributed by atoms with Crippen LogP contribution in [0.4, 0.5) is 5.69 Å². The van der Waals surface area contributed by atoms with E-state index in [-0.39, 0.29) is 11.8 Å². The molecule has 1 fully saturated rings. The third-order valence-corrected chi connectivity index (χ3v) is 3.89. The van der Waals surface area contributed by atoms with Crippen LogP contribution in [0.1, 0.15) is 12.0 Å². The van der Waals surface area contributed by atoms with Gasteiger partial charge in [-0.1, -0.05) is 12.1 Å². The summed E-state index contributed by atoms with van der Waals surface area (Å²) < 4.78 is 5.24. The van der Waals surface area contributed by atoms with Crippen molar-refractivity contribution in [3.63, 3.8) is 0 Å². The average Bonchev–Trinajstić information content (AvgIpc) is 2.59. The number of amides is 2. The largest absolute Gasteiger partial charge is 0.378 e. The molecule has 1 aromatic carbocycles. The molecule has 2 rings (SSSR count). The Morgan fingerprint density at radius 3 is 2.43 bits per heavy atom. The van der Waals surface area contributed by atoms with Gasteiger partial charge in [-0.3, -0.25) is 9.59 Å². The summed E-state index contributed by atoms with van der Waals surface area (Å²) in [5.74, 6) is 0.220. The molecule has 0 bridgehead atoms. The number of anilines is 1. The van der Waals surface area contributed by atoms with Gasteiger partial charge in [-0.2, -0.15) is 0 Å². The van der Waals surface area contributed by atoms with E-state index < -0.39 is 0 Å². The molecule has 2 amide bonds. The van der Waals surface area contributed by atoms with Crippen LogP contribution >= 0.6 is 0 Å². The molecule has 1 saturated heterocycles. The molecule has 0 unspecified atom stereocenters. The zero-order valence-electron chi connectivity index (χ0n) is 13.9. The molecule has 1 aliphatic rings. The van der Waals surface area contributed by atoms with Crippen molar-refractivity contribution < 1.29 is 14.3 Å². The second-order valence-electron chi connectivity index (χ2n) is 5.83. The van der Waals surface area contributed by atoms with E-state index in [1.807, 2.05) is 29.2 Å². The summed E-state index contributed by atoms with van der Waals surface area (Å²) >= 11 is 0. The molecular weight excluding hydrogens is 294 g/mol. The fourth-order valence-corrected chi connectivity index (χ4v) is 2.37. The summed E-state index contributed by atoms with van der Waals surface area (Å²) in [6.07, 6.45) is 1.24. The second-order valence-corrected chi connectivity index (χ2v) is 5.83. The Balaban J connectivity index is 1.76. The first kappa shape index (κ1) is 17.3. The number of morpholine rings is 1. The molecule has 0 radical (unpaired) electrons. The van der Waals surface area contributed by atoms with Gasteiger partial charge in [0.15, 0.2) is 0 Å². The highest BCUT2D eigenvalue weighted by molar-refractivity contribution is 5.81. The predicted octanol–water partition coefficient (Wildman–Crippen LogP) is 0.978. The van der Waals surface area contributed by atoms with Crippen LogP contribution in [0.15, 0.2) is 24.3 Å². The number of hydrogen-bond acceptors (Lipinski definition) is 4. The monoisotopic (exact) mass is 319 g/mol. The Hall–Kier alpha value is -2.08. The number of ether oxygens (including phenoxy) is 1. The minimum Gasteiger partial charge on any atom is -0.378 e. The first-order chi connectivity index (χ1) is 11.1. The number of aryl methyl sites for hydroxylation is 1. The van der Waals surface area contributed by atoms with Gasteiger partial charge in [0.1, 0.15) is 0 Å². The summed E-state index contributed by atoms with van der Waals surface area (Å²) in [6, 6.07) is 7.87. The molecule has 126 valence electrons. The molecule has 0 atom stereocenters. The molecule has 1 heterocycles. The van der Waals surface area contributed by atoms with E-state index in [9.17, 15) is 9.59 Å². The lowest BCUT2D eigenvalue weighted by Gasteiger charge is -2.27. The quantitative estimate of drug-likeness (QED) is 0.849. The van der Waals surface area contributed by atoms with Crippen molar-refractivity contribution in [1.29, 1.82) is 0 Å². The normalized spacial score (nSPS) is 14.4. The lowest BCUT2D eigenvalue weighted by Crippen LogP contribution is -2.43. The minimum atomic E-state index is 0.0916. The van der Waals surface area contributed by atoms with Gasteiger partial charge in [-0.25, -0.2) is 0 Å². The maximum Gasteiger partial charge on any atom is 0.242 e. The number of rotatable bonds is 6. The molecule has 1 aromatic rings. The third kappa shape index (κ3) is 5.56. The molecule has 23 heavy (non-hydrogen) atoms. The SMILES string of the molecule is CN(C)C(=O)CCc1ccc(NCC(=O)N2CCOCC2)cc1. The van der Waals surface area contributed by atoms with Gasteiger partial charge in [0.25, 0.3) is 0 Å². The number of carbonyl (C=O) groups is 2. The van der Waals surface area contributed by atoms with Gasteiger partial charge in [-0.05, 0) is 24.1 Å². The summed E-state index contributed by atoms with van der Waals surface area (Å²) in [4.78, 5) is 27.0. The topological polar surface area (TPSA) is 61.9 Å². The van der Waals surface area contributed by atoms with Gasteiger partial charge in [0.05, 0.1) is 19.8 Å². The van der Waals surface area contributed by atoms with Crippen molar-refractivity contribution in [1.82, 2.24) is 9.80 Å². The molecular formula is C17H25N3O3. The first-order valence-corrected chi connectivity index (χ1v) is 7.95. The lowest BCUT2D eigenvalue weighted by atomic mass is 10.1. The molecule has 0 saturated carbocycles. The highest BCUT2D eigenvalue weighted by atomic mass is 16.5. The Bertz CT molecular complexity index is 522. The number of benzene rings is 1. The molecule has 1 aliphatic heterocycles. The van der Waals surface area contributed by atoms with E-state index in [0.717, 1.165) is 17.7 Å². The Morgan fingerprint density at radius 1 is 1.17 bits per heavy atom. The van der Waals surface area contributed by atoms with Crippen LogP contribution in [0, 0.1) is 0 Å². The van der Waals surface area contributed by atoms with Crippen molar-refractivity contribution >= 4 is 17.5 Å². The number of carbonyl (C=O) groups excluding carboxylic acids is 2. The van der Waals surface area contributed by atoms with E-state index in [0.29, 0.717) is 39.3 Å². The maximum absolute atomic E-state index is 12.0. The molecule has 6 nitrogen and oxygen atoms in total. The molecule has 0 aromatic heterocycles. The smallest absolute Gasteiger partial charge is 0.242 e. The average molecular weight is 319 g/mol. The van der Waals surface area contributed by atoms with Gasteiger partial charge in [-0.15, -0.1) is 0 Å². The van der Waals surface area contributed by atoms with Crippen LogP contribution in [0.2, 0.25) is 0 Å². The summed E-state index contributed by atoms with van der Waals surface area (Å²) in [7, 11) is 3.53. The summed E-state index contributed by atoms with van der Waals surface area (Å²) in [5, 5.41) is 3.14. The molecule has 6 heteroatoms. The van der Waals surface area contributed by atoms with E-state index in [4.69, 9.17) is 4.74 Å². The van der Waals surface area contributed by atoms with Gasteiger partial charge >= 0.3 is 0 Å². The fourth-order valence-electron chi connectivity index (χ4n) is 2.37. The zero-order valence-corrected chi connectivity index (χ0v) is 13.9. The van der Waals surface area contributed by atoms with Crippen molar-refractivity contribution in [2.75, 3.05) is 52.3 Å². The van der Waals surface area contributed by atoms with E-state index in [1.54, 1.807) is 19.0 Å². The van der Waals surface area contributed by atoms with Crippen molar-refractivity contribution in [3.05, 3.63) is 29.8 Å². The minimum absolute atomic E-state index is 0.0916. The predicted molar refractivity (Wildman–Crippen MR) is 89.3 cm³/mol. The van der Waals surface area contributed by atoms with Crippen LogP contribution < -0.4 is 5.32 Å². The van der Waals surface area contributed by atoms with Crippen molar-refractivity contribution in [2.45, 2.75) is 12.8 Å². The molecule has 1 N–H and O–H groups in total. The van der Waals surface area contributed by atoms with Crippen LogP contribution in [-0.4, -0.2) is 68.6 Å². The standard InChI is InChI=1S/C17H25N3O3/c1-19(2)16(21)8-5-14-3-6-15(7-4-14)18-13-17(22)20-9-11-23-12-10-20/h3-4,6-7,18H,5,8-13H2,1-2H3. The number of hydrogen-bond donors (Lipinski definition) is 1. The van der Waals surface area contributed by atoms with Gasteiger partial charge in [0.2, 0.25) is 11.8 Å². The highest BCUT2D eigenvalue weighted by Crippen LogP contribution is 2.11. The van der Waals surface area contributed by atoms with Crippen molar-refractivity contribution in [2.24, 2.45) is 0 Å². The first-order valence-electron chi connectivity index (χ1n) is 7.95. The van der Waals surface area contributed by atoms with E-state index in [2.05, 4.69) is 5.32 Å². The van der Waals surface area contributed by atoms with Crippen LogP contribution in [0.5, 0.6) is 0 Å². The van der Waals surface area contributed by atoms with Crippen molar-refractivity contribution in [3.8, 4) is 0 Å². The number of nitrogens with zero attached hydrogens (tertiary/aromatic N) is 2. The molecule has 0 spiro atoms. The Morgan fingerprint density at radius 2 is 1.83 bits per heavy atom. The Labute approximate surface area is 137 Å². The van der Waals surface area contributed by atoms with Gasteiger partial charge in [0, 0.05) is 39.3 Å². The van der Waals surface area contributed by atoms with Crippen LogP contribution in [0.25, 0.3) is 0 Å². The lowest BCUT2D eigenvalue weighted by molar-refractivity contribution is -0.133. The maximum atomic E-state index is 12.0. The summed E-state index contributed by atoms with van der Waals surface area (Å²) in [5.41, 5.74) is 2.03. The summed E-state index contributed by atoms with van der Waals surface area (Å²) in [6.45, 7) is 2.86. The fraction of sp³-hybridized carbons (Fsp3) is 0.529. The molecule has 0 aliphatic carbocycles. The van der Waals surface area contributed by atoms with E-state index in [1.165, 1.54) is 0 Å². The number of nitrogens with one attached hydrogen (secondary N) is 1. The third-order valence-electron chi connectivity index (χ3n) is 3.89. The Kier molecular flexibility index (Phi) is 6.40. The zero-order chi connectivity index (χ0) is 16.7. The van der Waals surface area contributed by atoms with Crippen LogP contribution in [0.3, 0.4) is 0 Å². The van der Waals surface area contributed by atoms with E-state index >= 15 is 0 Å². The highest BCUT2D eigenvalue weighted by Gasteiger charge is 2.16.